The van der Waals surface area contributed by atoms with E-state index in [4.69, 9.17) is 5.26 Å². The van der Waals surface area contributed by atoms with E-state index < -0.39 is 29.2 Å². The van der Waals surface area contributed by atoms with Crippen molar-refractivity contribution in [1.82, 2.24) is 4.98 Å². The third-order valence-corrected chi connectivity index (χ3v) is 1.49. The molecule has 0 fully saturated rings. The van der Waals surface area contributed by atoms with Gasteiger partial charge < -0.3 is 0 Å². The molecule has 0 N–H and O–H groups in total. The number of halogens is 3. The van der Waals surface area contributed by atoms with E-state index in [1.54, 1.807) is 0 Å². The van der Waals surface area contributed by atoms with Crippen LogP contribution in [-0.4, -0.2) is 11.3 Å². The van der Waals surface area contributed by atoms with Crippen molar-refractivity contribution in [3.63, 3.8) is 0 Å². The lowest BCUT2D eigenvalue weighted by molar-refractivity contribution is 0.110. The number of hydrogen-bond acceptors (Lipinski definition) is 3. The Balaban J connectivity index is 3.40. The van der Waals surface area contributed by atoms with Crippen molar-refractivity contribution in [2.24, 2.45) is 0 Å². The molecule has 6 heteroatoms. The third-order valence-electron chi connectivity index (χ3n) is 1.49. The van der Waals surface area contributed by atoms with Crippen LogP contribution in [0.5, 0.6) is 0 Å². The summed E-state index contributed by atoms with van der Waals surface area (Å²) < 4.78 is 37.2. The predicted molar refractivity (Wildman–Crippen MR) is 39.3 cm³/mol. The van der Waals surface area contributed by atoms with Crippen LogP contribution in [0.4, 0.5) is 13.2 Å². The molecule has 0 saturated carbocycles. The van der Waals surface area contributed by atoms with E-state index in [1.807, 2.05) is 0 Å². The summed E-state index contributed by atoms with van der Waals surface area (Å²) in [6, 6.07) is 1.79. The molecule has 0 unspecified atom stereocenters. The van der Waals surface area contributed by atoms with Gasteiger partial charge in [0.1, 0.15) is 11.8 Å². The van der Waals surface area contributed by atoms with Gasteiger partial charge in [-0.2, -0.15) is 5.26 Å². The summed E-state index contributed by atoms with van der Waals surface area (Å²) in [7, 11) is 0. The fourth-order valence-corrected chi connectivity index (χ4v) is 0.865. The van der Waals surface area contributed by atoms with E-state index in [9.17, 15) is 18.0 Å². The van der Waals surface area contributed by atoms with E-state index in [1.165, 1.54) is 6.07 Å². The third kappa shape index (κ3) is 1.71. The van der Waals surface area contributed by atoms with Crippen LogP contribution in [0.1, 0.15) is 28.2 Å². The van der Waals surface area contributed by atoms with Gasteiger partial charge in [-0.05, 0) is 6.07 Å². The summed E-state index contributed by atoms with van der Waals surface area (Å²) in [6.45, 7) is 0. The average molecular weight is 200 g/mol. The molecule has 0 radical (unpaired) electrons. The van der Waals surface area contributed by atoms with Gasteiger partial charge in [-0.1, -0.05) is 0 Å². The minimum atomic E-state index is -3.00. The molecule has 0 bridgehead atoms. The van der Waals surface area contributed by atoms with Gasteiger partial charge >= 0.3 is 0 Å². The van der Waals surface area contributed by atoms with Gasteiger partial charge in [-0.25, -0.2) is 18.2 Å². The Bertz CT molecular complexity index is 412. The molecule has 0 aliphatic carbocycles. The Labute approximate surface area is 76.8 Å². The minimum absolute atomic E-state index is 0.0573. The molecule has 14 heavy (non-hydrogen) atoms. The quantitative estimate of drug-likeness (QED) is 0.684. The van der Waals surface area contributed by atoms with E-state index in [-0.39, 0.29) is 6.29 Å². The highest BCUT2D eigenvalue weighted by Crippen LogP contribution is 2.22. The first-order valence-corrected chi connectivity index (χ1v) is 3.44. The molecule has 1 rings (SSSR count). The van der Waals surface area contributed by atoms with Crippen LogP contribution in [0.3, 0.4) is 0 Å². The number of rotatable bonds is 2. The van der Waals surface area contributed by atoms with Crippen LogP contribution in [0.25, 0.3) is 0 Å². The van der Waals surface area contributed by atoms with Crippen LogP contribution in [0.2, 0.25) is 0 Å². The van der Waals surface area contributed by atoms with Crippen molar-refractivity contribution in [1.29, 1.82) is 5.26 Å². The van der Waals surface area contributed by atoms with Crippen LogP contribution in [-0.2, 0) is 0 Å². The van der Waals surface area contributed by atoms with Crippen molar-refractivity contribution in [3.8, 4) is 6.07 Å². The average Bonchev–Trinajstić information content (AvgIpc) is 2.17. The molecule has 0 spiro atoms. The molecule has 72 valence electrons. The monoisotopic (exact) mass is 200 g/mol. The van der Waals surface area contributed by atoms with Crippen LogP contribution in [0, 0.1) is 17.1 Å². The largest absolute Gasteiger partial charge is 0.296 e. The van der Waals surface area contributed by atoms with Crippen molar-refractivity contribution in [3.05, 3.63) is 28.8 Å². The Morgan fingerprint density at radius 2 is 2.21 bits per heavy atom. The summed E-state index contributed by atoms with van der Waals surface area (Å²) in [5, 5.41) is 8.31. The molecule has 1 heterocycles. The fraction of sp³-hybridized carbons (Fsp3) is 0.125. The van der Waals surface area contributed by atoms with Crippen molar-refractivity contribution < 1.29 is 18.0 Å². The fourth-order valence-electron chi connectivity index (χ4n) is 0.865. The Kier molecular flexibility index (Phi) is 2.82. The van der Waals surface area contributed by atoms with Crippen LogP contribution < -0.4 is 0 Å². The SMILES string of the molecule is N#Cc1nc(C=O)c(C(F)F)cc1F. The zero-order valence-corrected chi connectivity index (χ0v) is 6.67. The molecule has 0 aromatic carbocycles. The number of nitriles is 1. The second-order valence-electron chi connectivity index (χ2n) is 2.32. The number of aromatic nitrogens is 1. The standard InChI is InChI=1S/C8H3F3N2O/c9-5-1-4(8(10)11)7(3-14)13-6(5)2-12/h1,3,8H. The first kappa shape index (κ1) is 10.2. The Hall–Kier alpha value is -1.90. The number of carbonyl (C=O) groups excluding carboxylic acids is 1. The summed E-state index contributed by atoms with van der Waals surface area (Å²) in [5.41, 5.74) is -2.09. The molecule has 0 aliphatic rings. The Morgan fingerprint density at radius 1 is 1.57 bits per heavy atom. The number of carbonyl (C=O) groups is 1. The van der Waals surface area contributed by atoms with E-state index >= 15 is 0 Å². The number of hydrogen-bond donors (Lipinski definition) is 0. The molecular weight excluding hydrogens is 197 g/mol. The van der Waals surface area contributed by atoms with Gasteiger partial charge in [0.2, 0.25) is 0 Å². The maximum absolute atomic E-state index is 12.8. The molecule has 0 saturated heterocycles. The van der Waals surface area contributed by atoms with Crippen LogP contribution >= 0.6 is 0 Å². The van der Waals surface area contributed by atoms with Crippen molar-refractivity contribution >= 4 is 6.29 Å². The van der Waals surface area contributed by atoms with Gasteiger partial charge in [0.05, 0.1) is 0 Å². The summed E-state index contributed by atoms with van der Waals surface area (Å²) in [4.78, 5) is 13.4. The number of alkyl halides is 2. The summed E-state index contributed by atoms with van der Waals surface area (Å²) in [5.74, 6) is -1.16. The molecule has 1 aromatic rings. The van der Waals surface area contributed by atoms with Gasteiger partial charge in [-0.3, -0.25) is 4.79 Å². The lowest BCUT2D eigenvalue weighted by Crippen LogP contribution is -2.02. The van der Waals surface area contributed by atoms with E-state index in [0.29, 0.717) is 6.07 Å². The van der Waals surface area contributed by atoms with E-state index in [2.05, 4.69) is 4.98 Å². The number of nitrogens with zero attached hydrogens (tertiary/aromatic N) is 2. The highest BCUT2D eigenvalue weighted by atomic mass is 19.3. The second-order valence-corrected chi connectivity index (χ2v) is 2.32. The smallest absolute Gasteiger partial charge is 0.266 e. The molecule has 0 aliphatic heterocycles. The minimum Gasteiger partial charge on any atom is -0.296 e. The van der Waals surface area contributed by atoms with Gasteiger partial charge in [0.25, 0.3) is 6.43 Å². The number of aldehydes is 1. The van der Waals surface area contributed by atoms with Crippen molar-refractivity contribution in [2.45, 2.75) is 6.43 Å². The lowest BCUT2D eigenvalue weighted by atomic mass is 10.2. The topological polar surface area (TPSA) is 53.8 Å². The van der Waals surface area contributed by atoms with Gasteiger partial charge in [0.15, 0.2) is 17.8 Å². The zero-order valence-electron chi connectivity index (χ0n) is 6.67. The first-order chi connectivity index (χ1) is 6.60. The zero-order chi connectivity index (χ0) is 10.7. The number of pyridine rings is 1. The Morgan fingerprint density at radius 3 is 2.64 bits per heavy atom. The maximum Gasteiger partial charge on any atom is 0.266 e. The molecule has 0 atom stereocenters. The highest BCUT2D eigenvalue weighted by Gasteiger charge is 2.17. The molecule has 3 nitrogen and oxygen atoms in total. The lowest BCUT2D eigenvalue weighted by Gasteiger charge is -2.03. The highest BCUT2D eigenvalue weighted by molar-refractivity contribution is 5.74. The van der Waals surface area contributed by atoms with Crippen molar-refractivity contribution in [2.75, 3.05) is 0 Å². The van der Waals surface area contributed by atoms with E-state index in [0.717, 1.165) is 0 Å². The first-order valence-electron chi connectivity index (χ1n) is 3.44. The van der Waals surface area contributed by atoms with Gasteiger partial charge in [-0.15, -0.1) is 0 Å². The maximum atomic E-state index is 12.8. The van der Waals surface area contributed by atoms with Crippen LogP contribution in [0.15, 0.2) is 6.07 Å². The molecule has 1 aromatic heterocycles. The molecule has 0 amide bonds. The summed E-state index contributed by atoms with van der Waals surface area (Å²) in [6.07, 6.45) is -2.94. The summed E-state index contributed by atoms with van der Waals surface area (Å²) >= 11 is 0. The normalized spacial score (nSPS) is 9.93. The second kappa shape index (κ2) is 3.87. The predicted octanol–water partition coefficient (Wildman–Crippen LogP) is 1.84. The molecular formula is C8H3F3N2O. The van der Waals surface area contributed by atoms with Gasteiger partial charge in [0, 0.05) is 5.56 Å².